The van der Waals surface area contributed by atoms with E-state index in [1.54, 1.807) is 0 Å². The second-order valence-corrected chi connectivity index (χ2v) is 7.06. The van der Waals surface area contributed by atoms with E-state index in [0.29, 0.717) is 5.15 Å². The maximum atomic E-state index is 6.33. The molecule has 0 aliphatic carbocycles. The molecule has 0 spiro atoms. The zero-order valence-corrected chi connectivity index (χ0v) is 14.5. The molecule has 0 aromatic carbocycles. The first-order chi connectivity index (χ1) is 9.82. The van der Waals surface area contributed by atoms with Crippen LogP contribution < -0.4 is 4.90 Å². The van der Waals surface area contributed by atoms with Crippen molar-refractivity contribution in [3.8, 4) is 0 Å². The van der Waals surface area contributed by atoms with Crippen LogP contribution in [0.5, 0.6) is 0 Å². The summed E-state index contributed by atoms with van der Waals surface area (Å²) < 4.78 is 5.78. The molecule has 21 heavy (non-hydrogen) atoms. The van der Waals surface area contributed by atoms with Gasteiger partial charge in [-0.05, 0) is 26.7 Å². The number of halogens is 1. The molecule has 2 heterocycles. The number of nitrogens with zero attached hydrogens (tertiary/aromatic N) is 3. The fourth-order valence-corrected chi connectivity index (χ4v) is 2.79. The van der Waals surface area contributed by atoms with Crippen LogP contribution in [0.15, 0.2) is 0 Å². The molecule has 118 valence electrons. The normalized spacial score (nSPS) is 19.9. The van der Waals surface area contributed by atoms with Crippen LogP contribution in [0, 0.1) is 6.92 Å². The first-order valence-electron chi connectivity index (χ1n) is 7.74. The van der Waals surface area contributed by atoms with E-state index in [0.717, 1.165) is 49.7 Å². The molecule has 1 saturated heterocycles. The van der Waals surface area contributed by atoms with E-state index in [9.17, 15) is 0 Å². The van der Waals surface area contributed by atoms with Crippen LogP contribution in [0.4, 0.5) is 5.82 Å². The van der Waals surface area contributed by atoms with Crippen molar-refractivity contribution in [3.63, 3.8) is 0 Å². The SMILES string of the molecule is CCOC1CCCN(c2nc(C(C)(C)C)nc(Cl)c2C)C1. The molecular weight excluding hydrogens is 286 g/mol. The van der Waals surface area contributed by atoms with Crippen LogP contribution in [-0.2, 0) is 10.2 Å². The van der Waals surface area contributed by atoms with Crippen molar-refractivity contribution < 1.29 is 4.74 Å². The molecule has 0 radical (unpaired) electrons. The van der Waals surface area contributed by atoms with Crippen molar-refractivity contribution in [3.05, 3.63) is 16.5 Å². The van der Waals surface area contributed by atoms with Crippen LogP contribution in [0.25, 0.3) is 0 Å². The summed E-state index contributed by atoms with van der Waals surface area (Å²) in [6.45, 7) is 13.0. The molecule has 5 heteroatoms. The number of anilines is 1. The van der Waals surface area contributed by atoms with E-state index in [1.165, 1.54) is 0 Å². The topological polar surface area (TPSA) is 38.2 Å². The first kappa shape index (κ1) is 16.5. The van der Waals surface area contributed by atoms with E-state index in [-0.39, 0.29) is 11.5 Å². The molecule has 1 fully saturated rings. The smallest absolute Gasteiger partial charge is 0.137 e. The quantitative estimate of drug-likeness (QED) is 0.797. The van der Waals surface area contributed by atoms with E-state index < -0.39 is 0 Å². The van der Waals surface area contributed by atoms with Gasteiger partial charge in [-0.25, -0.2) is 9.97 Å². The zero-order chi connectivity index (χ0) is 15.6. The molecule has 4 nitrogen and oxygen atoms in total. The third-order valence-corrected chi connectivity index (χ3v) is 4.18. The van der Waals surface area contributed by atoms with Crippen molar-refractivity contribution in [2.45, 2.75) is 59.0 Å². The van der Waals surface area contributed by atoms with Crippen molar-refractivity contribution in [2.24, 2.45) is 0 Å². The predicted octanol–water partition coefficient (Wildman–Crippen LogP) is 3.74. The van der Waals surface area contributed by atoms with Gasteiger partial charge in [-0.15, -0.1) is 0 Å². The Labute approximate surface area is 132 Å². The summed E-state index contributed by atoms with van der Waals surface area (Å²) in [5.74, 6) is 1.76. The summed E-state index contributed by atoms with van der Waals surface area (Å²) in [5, 5.41) is 0.559. The lowest BCUT2D eigenvalue weighted by molar-refractivity contribution is 0.0525. The van der Waals surface area contributed by atoms with Gasteiger partial charge >= 0.3 is 0 Å². The van der Waals surface area contributed by atoms with Crippen molar-refractivity contribution in [1.29, 1.82) is 0 Å². The van der Waals surface area contributed by atoms with Crippen LogP contribution in [0.2, 0.25) is 5.15 Å². The molecule has 1 unspecified atom stereocenters. The van der Waals surface area contributed by atoms with E-state index >= 15 is 0 Å². The highest BCUT2D eigenvalue weighted by atomic mass is 35.5. The second-order valence-electron chi connectivity index (χ2n) is 6.70. The average Bonchev–Trinajstić information content (AvgIpc) is 2.41. The largest absolute Gasteiger partial charge is 0.377 e. The standard InChI is InChI=1S/C16H26ClN3O/c1-6-21-12-8-7-9-20(10-12)14-11(2)13(17)18-15(19-14)16(3,4)5/h12H,6-10H2,1-5H3. The van der Waals surface area contributed by atoms with Gasteiger partial charge in [0.2, 0.25) is 0 Å². The Balaban J connectivity index is 2.32. The Morgan fingerprint density at radius 3 is 2.67 bits per heavy atom. The number of piperidine rings is 1. The predicted molar refractivity (Wildman–Crippen MR) is 87.3 cm³/mol. The molecule has 0 N–H and O–H groups in total. The Morgan fingerprint density at radius 1 is 1.33 bits per heavy atom. The summed E-state index contributed by atoms with van der Waals surface area (Å²) in [4.78, 5) is 11.5. The molecule has 1 aliphatic rings. The first-order valence-corrected chi connectivity index (χ1v) is 8.12. The van der Waals surface area contributed by atoms with Crippen LogP contribution >= 0.6 is 11.6 Å². The second kappa shape index (κ2) is 6.49. The van der Waals surface area contributed by atoms with Gasteiger partial charge in [-0.2, -0.15) is 0 Å². The van der Waals surface area contributed by atoms with Crippen molar-refractivity contribution in [2.75, 3.05) is 24.6 Å². The Bertz CT molecular complexity index is 497. The van der Waals surface area contributed by atoms with Crippen LogP contribution in [0.3, 0.4) is 0 Å². The Kier molecular flexibility index (Phi) is 5.10. The Hall–Kier alpha value is -0.870. The lowest BCUT2D eigenvalue weighted by Crippen LogP contribution is -2.41. The fraction of sp³-hybridized carbons (Fsp3) is 0.750. The van der Waals surface area contributed by atoms with Gasteiger partial charge in [0, 0.05) is 30.7 Å². The lowest BCUT2D eigenvalue weighted by Gasteiger charge is -2.34. The minimum atomic E-state index is -0.110. The van der Waals surface area contributed by atoms with Gasteiger partial charge in [0.15, 0.2) is 0 Å². The van der Waals surface area contributed by atoms with E-state index in [2.05, 4.69) is 30.7 Å². The summed E-state index contributed by atoms with van der Waals surface area (Å²) in [6.07, 6.45) is 2.53. The zero-order valence-electron chi connectivity index (χ0n) is 13.7. The van der Waals surface area contributed by atoms with Gasteiger partial charge in [-0.3, -0.25) is 0 Å². The minimum Gasteiger partial charge on any atom is -0.377 e. The van der Waals surface area contributed by atoms with Crippen molar-refractivity contribution >= 4 is 17.4 Å². The molecular formula is C16H26ClN3O. The van der Waals surface area contributed by atoms with Gasteiger partial charge in [0.05, 0.1) is 6.10 Å². The van der Waals surface area contributed by atoms with Gasteiger partial charge in [-0.1, -0.05) is 32.4 Å². The molecule has 0 saturated carbocycles. The van der Waals surface area contributed by atoms with Crippen LogP contribution in [-0.4, -0.2) is 35.8 Å². The number of hydrogen-bond donors (Lipinski definition) is 0. The summed E-state index contributed by atoms with van der Waals surface area (Å²) >= 11 is 6.33. The number of rotatable bonds is 3. The Morgan fingerprint density at radius 2 is 2.05 bits per heavy atom. The lowest BCUT2D eigenvalue weighted by atomic mass is 9.95. The van der Waals surface area contributed by atoms with E-state index in [4.69, 9.17) is 21.3 Å². The van der Waals surface area contributed by atoms with Gasteiger partial charge < -0.3 is 9.64 Å². The summed E-state index contributed by atoms with van der Waals surface area (Å²) in [6, 6.07) is 0. The molecule has 1 aromatic heterocycles. The van der Waals surface area contributed by atoms with Gasteiger partial charge in [0.25, 0.3) is 0 Å². The van der Waals surface area contributed by atoms with E-state index in [1.807, 2.05) is 13.8 Å². The summed E-state index contributed by atoms with van der Waals surface area (Å²) in [5.41, 5.74) is 0.850. The maximum Gasteiger partial charge on any atom is 0.137 e. The minimum absolute atomic E-state index is 0.110. The van der Waals surface area contributed by atoms with Crippen molar-refractivity contribution in [1.82, 2.24) is 9.97 Å². The number of hydrogen-bond acceptors (Lipinski definition) is 4. The average molecular weight is 312 g/mol. The number of ether oxygens (including phenoxy) is 1. The maximum absolute atomic E-state index is 6.33. The number of aromatic nitrogens is 2. The molecule has 2 rings (SSSR count). The van der Waals surface area contributed by atoms with Gasteiger partial charge in [0.1, 0.15) is 16.8 Å². The third kappa shape index (κ3) is 3.86. The molecule has 1 atom stereocenters. The molecule has 1 aromatic rings. The molecule has 0 bridgehead atoms. The highest BCUT2D eigenvalue weighted by Gasteiger charge is 2.26. The highest BCUT2D eigenvalue weighted by molar-refractivity contribution is 6.30. The van der Waals surface area contributed by atoms with Crippen LogP contribution in [0.1, 0.15) is 51.9 Å². The fourth-order valence-electron chi connectivity index (χ4n) is 2.62. The molecule has 0 amide bonds. The summed E-state index contributed by atoms with van der Waals surface area (Å²) in [7, 11) is 0. The third-order valence-electron chi connectivity index (χ3n) is 3.81. The highest BCUT2D eigenvalue weighted by Crippen LogP contribution is 2.30. The molecule has 1 aliphatic heterocycles. The monoisotopic (exact) mass is 311 g/mol.